The van der Waals surface area contributed by atoms with Gasteiger partial charge >= 0.3 is 0 Å². The van der Waals surface area contributed by atoms with E-state index < -0.39 is 0 Å². The Morgan fingerprint density at radius 1 is 1.42 bits per heavy atom. The van der Waals surface area contributed by atoms with Crippen LogP contribution < -0.4 is 5.32 Å². The van der Waals surface area contributed by atoms with Crippen LogP contribution in [-0.4, -0.2) is 21.9 Å². The average molecular weight is 314 g/mol. The molecule has 0 aliphatic heterocycles. The highest BCUT2D eigenvalue weighted by Crippen LogP contribution is 2.23. The second-order valence-electron chi connectivity index (χ2n) is 3.89. The molecule has 0 radical (unpaired) electrons. The molecule has 0 spiro atoms. The van der Waals surface area contributed by atoms with Gasteiger partial charge in [0.2, 0.25) is 5.91 Å². The fourth-order valence-corrected chi connectivity index (χ4v) is 3.13. The summed E-state index contributed by atoms with van der Waals surface area (Å²) in [6.45, 7) is 3.80. The summed E-state index contributed by atoms with van der Waals surface area (Å²) in [5, 5.41) is 12.2. The van der Waals surface area contributed by atoms with Crippen molar-refractivity contribution in [2.75, 3.05) is 11.1 Å². The third-order valence-electron chi connectivity index (χ3n) is 2.29. The molecule has 0 saturated heterocycles. The first-order valence-electron chi connectivity index (χ1n) is 5.53. The van der Waals surface area contributed by atoms with E-state index in [2.05, 4.69) is 15.5 Å². The molecule has 4 nitrogen and oxygen atoms in total. The van der Waals surface area contributed by atoms with E-state index in [4.69, 9.17) is 11.6 Å². The third-order valence-corrected chi connectivity index (χ3v) is 4.67. The van der Waals surface area contributed by atoms with Crippen molar-refractivity contribution in [1.29, 1.82) is 0 Å². The summed E-state index contributed by atoms with van der Waals surface area (Å²) >= 11 is 8.86. The Morgan fingerprint density at radius 3 is 2.84 bits per heavy atom. The van der Waals surface area contributed by atoms with E-state index in [0.29, 0.717) is 16.5 Å². The van der Waals surface area contributed by atoms with Crippen molar-refractivity contribution in [1.82, 2.24) is 10.2 Å². The van der Waals surface area contributed by atoms with Gasteiger partial charge in [-0.2, -0.15) is 0 Å². The Labute approximate surface area is 124 Å². The van der Waals surface area contributed by atoms with Crippen LogP contribution in [-0.2, 0) is 4.79 Å². The zero-order valence-electron chi connectivity index (χ0n) is 10.4. The Hall–Kier alpha value is -1.11. The van der Waals surface area contributed by atoms with E-state index in [1.165, 1.54) is 23.1 Å². The first kappa shape index (κ1) is 14.3. The van der Waals surface area contributed by atoms with Gasteiger partial charge in [-0.05, 0) is 31.5 Å². The minimum absolute atomic E-state index is 0.0854. The summed E-state index contributed by atoms with van der Waals surface area (Å²) in [4.78, 5) is 11.8. The largest absolute Gasteiger partial charge is 0.325 e. The molecule has 1 amide bonds. The fraction of sp³-hybridized carbons (Fsp3) is 0.250. The van der Waals surface area contributed by atoms with Crippen LogP contribution in [0.1, 0.15) is 10.6 Å². The average Bonchev–Trinajstić information content (AvgIpc) is 2.77. The summed E-state index contributed by atoms with van der Waals surface area (Å²) in [6.07, 6.45) is 0. The van der Waals surface area contributed by atoms with Gasteiger partial charge in [-0.3, -0.25) is 4.79 Å². The number of hydrogen-bond donors (Lipinski definition) is 1. The van der Waals surface area contributed by atoms with E-state index in [9.17, 15) is 4.79 Å². The third kappa shape index (κ3) is 4.19. The predicted molar refractivity (Wildman–Crippen MR) is 80.2 cm³/mol. The number of hydrogen-bond acceptors (Lipinski definition) is 5. The Bertz CT molecular complexity index is 600. The van der Waals surface area contributed by atoms with Crippen molar-refractivity contribution in [3.05, 3.63) is 33.8 Å². The second-order valence-corrected chi connectivity index (χ2v) is 6.70. The molecular formula is C12H12ClN3OS2. The van der Waals surface area contributed by atoms with E-state index in [-0.39, 0.29) is 5.91 Å². The monoisotopic (exact) mass is 313 g/mol. The molecule has 100 valence electrons. The number of rotatable bonds is 4. The molecule has 0 unspecified atom stereocenters. The van der Waals surface area contributed by atoms with Crippen LogP contribution in [0.15, 0.2) is 22.5 Å². The van der Waals surface area contributed by atoms with Crippen molar-refractivity contribution in [3.8, 4) is 0 Å². The smallest absolute Gasteiger partial charge is 0.234 e. The van der Waals surface area contributed by atoms with Crippen molar-refractivity contribution in [2.45, 2.75) is 18.2 Å². The highest BCUT2D eigenvalue weighted by Gasteiger charge is 2.07. The number of aryl methyl sites for hydroxylation is 2. The van der Waals surface area contributed by atoms with Crippen LogP contribution >= 0.6 is 34.7 Å². The summed E-state index contributed by atoms with van der Waals surface area (Å²) in [5.74, 6) is 0.220. The molecule has 2 rings (SSSR count). The van der Waals surface area contributed by atoms with Gasteiger partial charge in [-0.25, -0.2) is 0 Å². The van der Waals surface area contributed by atoms with Crippen LogP contribution in [0.4, 0.5) is 5.69 Å². The standard InChI is InChI=1S/C12H12ClN3OS2/c1-7-3-4-9(5-10(7)13)14-11(17)6-18-12-16-15-8(2)19-12/h3-5H,6H2,1-2H3,(H,14,17). The number of aromatic nitrogens is 2. The number of benzene rings is 1. The maximum atomic E-state index is 11.8. The lowest BCUT2D eigenvalue weighted by Gasteiger charge is -2.05. The van der Waals surface area contributed by atoms with E-state index in [0.717, 1.165) is 14.9 Å². The number of amides is 1. The molecule has 0 aliphatic carbocycles. The minimum Gasteiger partial charge on any atom is -0.325 e. The van der Waals surface area contributed by atoms with Gasteiger partial charge in [-0.1, -0.05) is 40.8 Å². The Morgan fingerprint density at radius 2 is 2.21 bits per heavy atom. The lowest BCUT2D eigenvalue weighted by molar-refractivity contribution is -0.113. The van der Waals surface area contributed by atoms with Gasteiger partial charge in [-0.15, -0.1) is 10.2 Å². The molecule has 0 saturated carbocycles. The molecular weight excluding hydrogens is 302 g/mol. The van der Waals surface area contributed by atoms with Crippen LogP contribution in [0, 0.1) is 13.8 Å². The molecule has 0 atom stereocenters. The topological polar surface area (TPSA) is 54.9 Å². The number of carbonyl (C=O) groups excluding carboxylic acids is 1. The molecule has 1 heterocycles. The van der Waals surface area contributed by atoms with Gasteiger partial charge < -0.3 is 5.32 Å². The minimum atomic E-state index is -0.0854. The van der Waals surface area contributed by atoms with Crippen LogP contribution in [0.3, 0.4) is 0 Å². The number of thioether (sulfide) groups is 1. The van der Waals surface area contributed by atoms with Crippen molar-refractivity contribution < 1.29 is 4.79 Å². The van der Waals surface area contributed by atoms with E-state index >= 15 is 0 Å². The number of carbonyl (C=O) groups is 1. The highest BCUT2D eigenvalue weighted by molar-refractivity contribution is 8.01. The van der Waals surface area contributed by atoms with Crippen LogP contribution in [0.5, 0.6) is 0 Å². The number of anilines is 1. The lowest BCUT2D eigenvalue weighted by atomic mass is 10.2. The summed E-state index contributed by atoms with van der Waals surface area (Å²) in [6, 6.07) is 5.45. The van der Waals surface area contributed by atoms with Gasteiger partial charge in [0.15, 0.2) is 4.34 Å². The van der Waals surface area contributed by atoms with E-state index in [1.54, 1.807) is 6.07 Å². The Kier molecular flexibility index (Phi) is 4.79. The molecule has 0 fully saturated rings. The first-order valence-corrected chi connectivity index (χ1v) is 7.71. The summed E-state index contributed by atoms with van der Waals surface area (Å²) in [5.41, 5.74) is 1.69. The van der Waals surface area contributed by atoms with Crippen LogP contribution in [0.25, 0.3) is 0 Å². The quantitative estimate of drug-likeness (QED) is 0.877. The van der Waals surface area contributed by atoms with Crippen LogP contribution in [0.2, 0.25) is 5.02 Å². The normalized spacial score (nSPS) is 10.5. The number of nitrogens with one attached hydrogen (secondary N) is 1. The summed E-state index contributed by atoms with van der Waals surface area (Å²) < 4.78 is 0.801. The fourth-order valence-electron chi connectivity index (χ4n) is 1.33. The highest BCUT2D eigenvalue weighted by atomic mass is 35.5. The zero-order chi connectivity index (χ0) is 13.8. The molecule has 1 aromatic heterocycles. The molecule has 19 heavy (non-hydrogen) atoms. The van der Waals surface area contributed by atoms with Gasteiger partial charge in [0.05, 0.1) is 5.75 Å². The molecule has 0 aliphatic rings. The number of nitrogens with zero attached hydrogens (tertiary/aromatic N) is 2. The van der Waals surface area contributed by atoms with Crippen molar-refractivity contribution in [2.24, 2.45) is 0 Å². The SMILES string of the molecule is Cc1nnc(SCC(=O)Nc2ccc(C)c(Cl)c2)s1. The molecule has 2 aromatic rings. The van der Waals surface area contributed by atoms with E-state index in [1.807, 2.05) is 26.0 Å². The maximum absolute atomic E-state index is 11.8. The second kappa shape index (κ2) is 6.36. The summed E-state index contributed by atoms with van der Waals surface area (Å²) in [7, 11) is 0. The van der Waals surface area contributed by atoms with Crippen molar-refractivity contribution in [3.63, 3.8) is 0 Å². The predicted octanol–water partition coefficient (Wildman–Crippen LogP) is 3.54. The van der Waals surface area contributed by atoms with Gasteiger partial charge in [0.1, 0.15) is 5.01 Å². The zero-order valence-corrected chi connectivity index (χ0v) is 12.8. The molecule has 7 heteroatoms. The molecule has 0 bridgehead atoms. The first-order chi connectivity index (χ1) is 9.04. The van der Waals surface area contributed by atoms with Gasteiger partial charge in [0.25, 0.3) is 0 Å². The molecule has 1 aromatic carbocycles. The van der Waals surface area contributed by atoms with Crippen molar-refractivity contribution >= 4 is 46.3 Å². The number of halogens is 1. The molecule has 1 N–H and O–H groups in total. The maximum Gasteiger partial charge on any atom is 0.234 e. The Balaban J connectivity index is 1.88. The lowest BCUT2D eigenvalue weighted by Crippen LogP contribution is -2.13. The van der Waals surface area contributed by atoms with Gasteiger partial charge in [0, 0.05) is 10.7 Å².